The van der Waals surface area contributed by atoms with E-state index >= 15 is 0 Å². The summed E-state index contributed by atoms with van der Waals surface area (Å²) >= 11 is 5.89. The second kappa shape index (κ2) is 11.3. The van der Waals surface area contributed by atoms with Crippen molar-refractivity contribution in [1.29, 1.82) is 0 Å². The molecule has 0 bridgehead atoms. The minimum Gasteiger partial charge on any atom is -0.378 e. The summed E-state index contributed by atoms with van der Waals surface area (Å²) in [4.78, 5) is 23.1. The summed E-state index contributed by atoms with van der Waals surface area (Å²) < 4.78 is 31.6. The molecule has 0 aromatic heterocycles. The number of non-ortho nitro benzene ring substituents is 1. The lowest BCUT2D eigenvalue weighted by Gasteiger charge is -2.20. The van der Waals surface area contributed by atoms with Crippen LogP contribution in [0.15, 0.2) is 78.9 Å². The number of rotatable bonds is 7. The second-order valence-corrected chi connectivity index (χ2v) is 7.83. The number of Topliss-reactive ketones (excluding diaryl/α,β-unsaturated/α-hetero) is 1. The van der Waals surface area contributed by atoms with Crippen LogP contribution in [-0.2, 0) is 10.4 Å². The highest BCUT2D eigenvalue weighted by Gasteiger charge is 2.18. The van der Waals surface area contributed by atoms with Crippen molar-refractivity contribution in [3.8, 4) is 0 Å². The van der Waals surface area contributed by atoms with Gasteiger partial charge in [0.2, 0.25) is 0 Å². The van der Waals surface area contributed by atoms with Gasteiger partial charge in [-0.2, -0.15) is 8.42 Å². The van der Waals surface area contributed by atoms with Gasteiger partial charge in [-0.1, -0.05) is 41.9 Å². The first kappa shape index (κ1) is 25.0. The zero-order valence-corrected chi connectivity index (χ0v) is 18.0. The molecule has 3 aromatic carbocycles. The van der Waals surface area contributed by atoms with Gasteiger partial charge in [-0.15, -0.1) is 0 Å². The number of nitro benzene ring substituents is 1. The third-order valence-corrected chi connectivity index (χ3v) is 4.43. The lowest BCUT2D eigenvalue weighted by molar-refractivity contribution is -0.384. The minimum absolute atomic E-state index is 0.0186. The van der Waals surface area contributed by atoms with Crippen LogP contribution in [-0.4, -0.2) is 28.2 Å². The molecule has 0 aliphatic rings. The van der Waals surface area contributed by atoms with Crippen LogP contribution in [0, 0.1) is 10.1 Å². The maximum Gasteiger partial charge on any atom is 0.394 e. The number of nitrogens with one attached hydrogen (secondary N) is 1. The van der Waals surface area contributed by atoms with Crippen LogP contribution in [0.25, 0.3) is 0 Å². The molecule has 0 heterocycles. The maximum atomic E-state index is 12.7. The molecule has 0 amide bonds. The molecule has 11 heteroatoms. The number of nitrogens with zero attached hydrogens (tertiary/aromatic N) is 1. The van der Waals surface area contributed by atoms with Gasteiger partial charge in [-0.25, -0.2) is 0 Å². The van der Waals surface area contributed by atoms with Gasteiger partial charge in [0.25, 0.3) is 5.69 Å². The first-order valence-corrected chi connectivity index (χ1v) is 10.8. The van der Waals surface area contributed by atoms with Crippen molar-refractivity contribution in [2.45, 2.75) is 12.5 Å². The summed E-state index contributed by atoms with van der Waals surface area (Å²) in [7, 11) is -4.67. The lowest BCUT2D eigenvalue weighted by Crippen LogP contribution is -2.15. The van der Waals surface area contributed by atoms with Gasteiger partial charge in [0.05, 0.1) is 11.0 Å². The molecular formula is C21H19ClN2O7S. The van der Waals surface area contributed by atoms with Crippen LogP contribution >= 0.6 is 11.6 Å². The third kappa shape index (κ3) is 8.82. The fraction of sp³-hybridized carbons (Fsp3) is 0.0952. The summed E-state index contributed by atoms with van der Waals surface area (Å²) in [5.74, 6) is -0.0186. The van der Waals surface area contributed by atoms with Gasteiger partial charge in [0.1, 0.15) is 0 Å². The van der Waals surface area contributed by atoms with E-state index in [0.717, 1.165) is 5.56 Å². The van der Waals surface area contributed by atoms with Crippen LogP contribution in [0.3, 0.4) is 0 Å². The monoisotopic (exact) mass is 478 g/mol. The highest BCUT2D eigenvalue weighted by atomic mass is 35.5. The molecular weight excluding hydrogens is 460 g/mol. The second-order valence-electron chi connectivity index (χ2n) is 6.49. The molecule has 3 rings (SSSR count). The Balaban J connectivity index is 0.000000654. The van der Waals surface area contributed by atoms with Crippen LogP contribution in [0.4, 0.5) is 11.4 Å². The number of nitro groups is 1. The number of carbonyl (C=O) groups excluding carboxylic acids is 1. The smallest absolute Gasteiger partial charge is 0.378 e. The van der Waals surface area contributed by atoms with Crippen molar-refractivity contribution < 1.29 is 27.2 Å². The largest absolute Gasteiger partial charge is 0.394 e. The van der Waals surface area contributed by atoms with Crippen molar-refractivity contribution in [2.75, 3.05) is 5.32 Å². The molecule has 9 nitrogen and oxygen atoms in total. The lowest BCUT2D eigenvalue weighted by atomic mass is 9.97. The number of ketones is 1. The molecule has 0 radical (unpaired) electrons. The Morgan fingerprint density at radius 3 is 2.00 bits per heavy atom. The fourth-order valence-electron chi connectivity index (χ4n) is 2.76. The summed E-state index contributed by atoms with van der Waals surface area (Å²) in [6.45, 7) is 0. The van der Waals surface area contributed by atoms with E-state index in [-0.39, 0.29) is 23.9 Å². The summed E-state index contributed by atoms with van der Waals surface area (Å²) in [5, 5.41) is 14.7. The molecule has 0 saturated heterocycles. The zero-order chi connectivity index (χ0) is 23.7. The number of carbonyl (C=O) groups is 1. The van der Waals surface area contributed by atoms with E-state index in [0.29, 0.717) is 16.3 Å². The SMILES string of the molecule is O=C(CC(Nc1ccc([N+](=O)[O-])cc1)c1ccccc1)c1ccc(Cl)cc1.O=S(=O)(O)O. The molecule has 3 N–H and O–H groups in total. The Labute approximate surface area is 189 Å². The Morgan fingerprint density at radius 2 is 1.50 bits per heavy atom. The number of benzene rings is 3. The average Bonchev–Trinajstić information content (AvgIpc) is 2.73. The van der Waals surface area contributed by atoms with Gasteiger partial charge in [0, 0.05) is 34.8 Å². The third-order valence-electron chi connectivity index (χ3n) is 4.18. The van der Waals surface area contributed by atoms with E-state index in [1.165, 1.54) is 12.1 Å². The predicted octanol–water partition coefficient (Wildman–Crippen LogP) is 5.02. The Morgan fingerprint density at radius 1 is 0.969 bits per heavy atom. The van der Waals surface area contributed by atoms with Gasteiger partial charge in [-0.05, 0) is 42.0 Å². The molecule has 168 valence electrons. The van der Waals surface area contributed by atoms with Crippen molar-refractivity contribution in [1.82, 2.24) is 0 Å². The normalized spacial score (nSPS) is 11.6. The van der Waals surface area contributed by atoms with E-state index in [1.807, 2.05) is 30.3 Å². The van der Waals surface area contributed by atoms with Crippen molar-refractivity contribution in [2.24, 2.45) is 0 Å². The topological polar surface area (TPSA) is 147 Å². The van der Waals surface area contributed by atoms with Crippen molar-refractivity contribution in [3.63, 3.8) is 0 Å². The first-order chi connectivity index (χ1) is 15.0. The van der Waals surface area contributed by atoms with Crippen LogP contribution in [0.1, 0.15) is 28.4 Å². The van der Waals surface area contributed by atoms with Gasteiger partial charge >= 0.3 is 10.4 Å². The van der Waals surface area contributed by atoms with Gasteiger partial charge in [0.15, 0.2) is 5.78 Å². The Hall–Kier alpha value is -3.31. The summed E-state index contributed by atoms with van der Waals surface area (Å²) in [6, 6.07) is 22.3. The molecule has 0 saturated carbocycles. The maximum absolute atomic E-state index is 12.7. The molecule has 1 unspecified atom stereocenters. The summed E-state index contributed by atoms with van der Waals surface area (Å²) in [6.07, 6.45) is 0.239. The Bertz CT molecular complexity index is 1150. The predicted molar refractivity (Wildman–Crippen MR) is 120 cm³/mol. The van der Waals surface area contributed by atoms with E-state index < -0.39 is 15.3 Å². The molecule has 0 spiro atoms. The van der Waals surface area contributed by atoms with E-state index in [4.69, 9.17) is 29.1 Å². The molecule has 0 fully saturated rings. The number of hydrogen-bond donors (Lipinski definition) is 3. The minimum atomic E-state index is -4.67. The molecule has 3 aromatic rings. The van der Waals surface area contributed by atoms with Gasteiger partial charge < -0.3 is 5.32 Å². The zero-order valence-electron chi connectivity index (χ0n) is 16.5. The first-order valence-electron chi connectivity index (χ1n) is 9.07. The van der Waals surface area contributed by atoms with Crippen LogP contribution in [0.2, 0.25) is 5.02 Å². The molecule has 0 aliphatic heterocycles. The number of anilines is 1. The Kier molecular flexibility index (Phi) is 8.85. The quantitative estimate of drug-likeness (QED) is 0.185. The average molecular weight is 479 g/mol. The molecule has 32 heavy (non-hydrogen) atoms. The van der Waals surface area contributed by atoms with E-state index in [9.17, 15) is 14.9 Å². The highest BCUT2D eigenvalue weighted by molar-refractivity contribution is 7.79. The fourth-order valence-corrected chi connectivity index (χ4v) is 2.88. The van der Waals surface area contributed by atoms with E-state index in [2.05, 4.69) is 5.32 Å². The standard InChI is InChI=1S/C21H17ClN2O3.H2O4S/c22-17-8-6-16(7-9-17)21(25)14-20(15-4-2-1-3-5-15)23-18-10-12-19(13-11-18)24(26)27;1-5(2,3)4/h1-13,20,23H,14H2;(H2,1,2,3,4). The number of hydrogen-bond acceptors (Lipinski definition) is 6. The summed E-state index contributed by atoms with van der Waals surface area (Å²) in [5.41, 5.74) is 2.27. The van der Waals surface area contributed by atoms with Crippen LogP contribution < -0.4 is 5.32 Å². The molecule has 0 aliphatic carbocycles. The molecule has 1 atom stereocenters. The van der Waals surface area contributed by atoms with Crippen molar-refractivity contribution >= 4 is 39.2 Å². The van der Waals surface area contributed by atoms with Crippen LogP contribution in [0.5, 0.6) is 0 Å². The van der Waals surface area contributed by atoms with Gasteiger partial charge in [-0.3, -0.25) is 24.0 Å². The van der Waals surface area contributed by atoms with E-state index in [1.54, 1.807) is 36.4 Å². The van der Waals surface area contributed by atoms with Crippen molar-refractivity contribution in [3.05, 3.63) is 105 Å². The highest BCUT2D eigenvalue weighted by Crippen LogP contribution is 2.26. The number of halogens is 1.